The Balaban J connectivity index is 2.93. The van der Waals surface area contributed by atoms with Crippen LogP contribution in [-0.4, -0.2) is 27.8 Å². The van der Waals surface area contributed by atoms with Crippen molar-refractivity contribution in [3.05, 3.63) is 29.3 Å². The van der Waals surface area contributed by atoms with E-state index in [9.17, 15) is 14.7 Å². The molecule has 0 amide bonds. The molecular weight excluding hydrogens is 220 g/mol. The lowest BCUT2D eigenvalue weighted by Crippen LogP contribution is -2.04. The summed E-state index contributed by atoms with van der Waals surface area (Å²) in [5, 5.41) is 18.1. The van der Waals surface area contributed by atoms with Gasteiger partial charge in [-0.2, -0.15) is 0 Å². The number of Topliss-reactive ketones (excluding diaryl/α,β-unsaturated/α-hetero) is 1. The van der Waals surface area contributed by atoms with E-state index in [1.54, 1.807) is 0 Å². The summed E-state index contributed by atoms with van der Waals surface area (Å²) in [5.41, 5.74) is 0.361. The molecule has 0 radical (unpaired) electrons. The van der Waals surface area contributed by atoms with Crippen molar-refractivity contribution < 1.29 is 19.8 Å². The summed E-state index contributed by atoms with van der Waals surface area (Å²) in [4.78, 5) is 21.5. The van der Waals surface area contributed by atoms with Crippen LogP contribution >= 0.6 is 11.6 Å². The minimum absolute atomic E-state index is 0.00916. The molecule has 4 nitrogen and oxygen atoms in total. The highest BCUT2D eigenvalue weighted by molar-refractivity contribution is 6.27. The van der Waals surface area contributed by atoms with Gasteiger partial charge in [-0.05, 0) is 12.1 Å². The summed E-state index contributed by atoms with van der Waals surface area (Å²) in [6.45, 7) is 0. The van der Waals surface area contributed by atoms with Crippen molar-refractivity contribution in [2.45, 2.75) is 6.42 Å². The number of carboxylic acids is 1. The van der Waals surface area contributed by atoms with Gasteiger partial charge < -0.3 is 10.2 Å². The van der Waals surface area contributed by atoms with Crippen LogP contribution in [-0.2, 0) is 11.2 Å². The number of aromatic carboxylic acids is 1. The molecule has 0 atom stereocenters. The van der Waals surface area contributed by atoms with Gasteiger partial charge in [0, 0.05) is 12.0 Å². The predicted octanol–water partition coefficient (Wildman–Crippen LogP) is 1.44. The quantitative estimate of drug-likeness (QED) is 0.765. The summed E-state index contributed by atoms with van der Waals surface area (Å²) in [6.07, 6.45) is 0.00916. The van der Waals surface area contributed by atoms with E-state index in [2.05, 4.69) is 0 Å². The lowest BCUT2D eigenvalue weighted by atomic mass is 10.1. The molecule has 0 aliphatic rings. The van der Waals surface area contributed by atoms with Crippen LogP contribution in [0.5, 0.6) is 5.75 Å². The van der Waals surface area contributed by atoms with Crippen molar-refractivity contribution in [1.82, 2.24) is 0 Å². The first kappa shape index (κ1) is 11.5. The zero-order valence-corrected chi connectivity index (χ0v) is 8.49. The van der Waals surface area contributed by atoms with Gasteiger partial charge in [0.05, 0.1) is 11.4 Å². The number of alkyl halides is 1. The Labute approximate surface area is 91.1 Å². The molecule has 0 aliphatic carbocycles. The number of rotatable bonds is 4. The van der Waals surface area contributed by atoms with Crippen molar-refractivity contribution in [2.24, 2.45) is 0 Å². The lowest BCUT2D eigenvalue weighted by molar-refractivity contribution is -0.116. The summed E-state index contributed by atoms with van der Waals surface area (Å²) in [5.74, 6) is -1.68. The SMILES string of the molecule is O=C(CCl)Cc1ccc(C(=O)O)cc1O. The number of carbonyl (C=O) groups excluding carboxylic acids is 1. The minimum Gasteiger partial charge on any atom is -0.508 e. The molecular formula is C10H9ClO4. The van der Waals surface area contributed by atoms with Crippen LogP contribution < -0.4 is 0 Å². The Morgan fingerprint density at radius 1 is 1.33 bits per heavy atom. The van der Waals surface area contributed by atoms with Crippen LogP contribution in [0.1, 0.15) is 15.9 Å². The van der Waals surface area contributed by atoms with Crippen molar-refractivity contribution in [2.75, 3.05) is 5.88 Å². The fourth-order valence-electron chi connectivity index (χ4n) is 1.11. The second-order valence-corrected chi connectivity index (χ2v) is 3.26. The maximum Gasteiger partial charge on any atom is 0.335 e. The average molecular weight is 229 g/mol. The molecule has 0 heterocycles. The van der Waals surface area contributed by atoms with Gasteiger partial charge in [-0.1, -0.05) is 6.07 Å². The molecule has 0 aliphatic heterocycles. The van der Waals surface area contributed by atoms with Gasteiger partial charge in [0.25, 0.3) is 0 Å². The third-order valence-corrected chi connectivity index (χ3v) is 2.17. The fourth-order valence-corrected chi connectivity index (χ4v) is 1.20. The molecule has 0 saturated carbocycles. The fraction of sp³-hybridized carbons (Fsp3) is 0.200. The highest BCUT2D eigenvalue weighted by Crippen LogP contribution is 2.19. The molecule has 1 rings (SSSR count). The number of aromatic hydroxyl groups is 1. The zero-order valence-electron chi connectivity index (χ0n) is 7.74. The normalized spacial score (nSPS) is 9.93. The number of carbonyl (C=O) groups is 2. The molecule has 80 valence electrons. The number of phenolic OH excluding ortho intramolecular Hbond substituents is 1. The van der Waals surface area contributed by atoms with Crippen LogP contribution in [0, 0.1) is 0 Å². The Morgan fingerprint density at radius 3 is 2.47 bits per heavy atom. The molecule has 0 bridgehead atoms. The summed E-state index contributed by atoms with van der Waals surface area (Å²) in [6, 6.07) is 3.85. The van der Waals surface area contributed by atoms with E-state index < -0.39 is 5.97 Å². The monoisotopic (exact) mass is 228 g/mol. The van der Waals surface area contributed by atoms with Gasteiger partial charge in [-0.25, -0.2) is 4.79 Å². The second-order valence-electron chi connectivity index (χ2n) is 3.00. The van der Waals surface area contributed by atoms with Crippen molar-refractivity contribution in [1.29, 1.82) is 0 Å². The van der Waals surface area contributed by atoms with Gasteiger partial charge in [0.1, 0.15) is 5.75 Å². The second kappa shape index (κ2) is 4.79. The van der Waals surface area contributed by atoms with Gasteiger partial charge in [-0.15, -0.1) is 11.6 Å². The number of hydrogen-bond acceptors (Lipinski definition) is 3. The standard InChI is InChI=1S/C10H9ClO4/c11-5-8(12)3-6-1-2-7(10(14)15)4-9(6)13/h1-2,4,13H,3,5H2,(H,14,15). The Morgan fingerprint density at radius 2 is 2.00 bits per heavy atom. The highest BCUT2D eigenvalue weighted by Gasteiger charge is 2.10. The lowest BCUT2D eigenvalue weighted by Gasteiger charge is -2.03. The minimum atomic E-state index is -1.12. The molecule has 0 unspecified atom stereocenters. The van der Waals surface area contributed by atoms with Gasteiger partial charge in [0.15, 0.2) is 5.78 Å². The van der Waals surface area contributed by atoms with E-state index in [4.69, 9.17) is 16.7 Å². The maximum absolute atomic E-state index is 11.0. The smallest absolute Gasteiger partial charge is 0.335 e. The van der Waals surface area contributed by atoms with Crippen LogP contribution in [0.25, 0.3) is 0 Å². The van der Waals surface area contributed by atoms with E-state index in [1.807, 2.05) is 0 Å². The molecule has 0 saturated heterocycles. The summed E-state index contributed by atoms with van der Waals surface area (Å²) in [7, 11) is 0. The third-order valence-electron chi connectivity index (χ3n) is 1.87. The molecule has 0 aromatic heterocycles. The average Bonchev–Trinajstić information content (AvgIpc) is 2.20. The van der Waals surface area contributed by atoms with E-state index in [-0.39, 0.29) is 29.4 Å². The zero-order chi connectivity index (χ0) is 11.4. The summed E-state index contributed by atoms with van der Waals surface area (Å²) < 4.78 is 0. The van der Waals surface area contributed by atoms with E-state index in [1.165, 1.54) is 12.1 Å². The number of carboxylic acid groups (broad SMARTS) is 1. The van der Waals surface area contributed by atoms with Crippen LogP contribution in [0.2, 0.25) is 0 Å². The van der Waals surface area contributed by atoms with Crippen LogP contribution in [0.3, 0.4) is 0 Å². The molecule has 0 spiro atoms. The van der Waals surface area contributed by atoms with Crippen LogP contribution in [0.4, 0.5) is 0 Å². The van der Waals surface area contributed by atoms with Crippen molar-refractivity contribution in [3.8, 4) is 5.75 Å². The first-order valence-electron chi connectivity index (χ1n) is 4.17. The number of ketones is 1. The molecule has 5 heteroatoms. The Kier molecular flexibility index (Phi) is 3.68. The first-order valence-corrected chi connectivity index (χ1v) is 4.71. The molecule has 15 heavy (non-hydrogen) atoms. The third kappa shape index (κ3) is 2.95. The van der Waals surface area contributed by atoms with Crippen molar-refractivity contribution in [3.63, 3.8) is 0 Å². The molecule has 1 aromatic carbocycles. The van der Waals surface area contributed by atoms with E-state index in [0.717, 1.165) is 6.07 Å². The van der Waals surface area contributed by atoms with Gasteiger partial charge in [0.2, 0.25) is 0 Å². The molecule has 0 fully saturated rings. The van der Waals surface area contributed by atoms with E-state index in [0.29, 0.717) is 5.56 Å². The van der Waals surface area contributed by atoms with E-state index >= 15 is 0 Å². The van der Waals surface area contributed by atoms with Crippen LogP contribution in [0.15, 0.2) is 18.2 Å². The largest absolute Gasteiger partial charge is 0.508 e. The molecule has 1 aromatic rings. The Bertz CT molecular complexity index is 400. The molecule has 2 N–H and O–H groups in total. The summed E-state index contributed by atoms with van der Waals surface area (Å²) >= 11 is 5.31. The number of benzene rings is 1. The topological polar surface area (TPSA) is 74.6 Å². The highest BCUT2D eigenvalue weighted by atomic mass is 35.5. The predicted molar refractivity (Wildman–Crippen MR) is 54.5 cm³/mol. The number of halogens is 1. The number of hydrogen-bond donors (Lipinski definition) is 2. The van der Waals surface area contributed by atoms with Crippen molar-refractivity contribution >= 4 is 23.4 Å². The van der Waals surface area contributed by atoms with Gasteiger partial charge in [-0.3, -0.25) is 4.79 Å². The number of phenols is 1. The Hall–Kier alpha value is -1.55. The van der Waals surface area contributed by atoms with Gasteiger partial charge >= 0.3 is 5.97 Å². The first-order chi connectivity index (χ1) is 7.04. The maximum atomic E-state index is 11.0.